The fourth-order valence-corrected chi connectivity index (χ4v) is 4.41. The second-order valence-electron chi connectivity index (χ2n) is 9.19. The number of amides is 1. The Morgan fingerprint density at radius 2 is 1.88 bits per heavy atom. The van der Waals surface area contributed by atoms with Crippen LogP contribution in [0.25, 0.3) is 0 Å². The molecule has 0 spiro atoms. The van der Waals surface area contributed by atoms with Crippen LogP contribution >= 0.6 is 0 Å². The molecule has 0 aromatic carbocycles. The summed E-state index contributed by atoms with van der Waals surface area (Å²) in [5.41, 5.74) is 0.104. The number of piperidine rings is 1. The van der Waals surface area contributed by atoms with Crippen molar-refractivity contribution in [3.63, 3.8) is 0 Å². The lowest BCUT2D eigenvalue weighted by molar-refractivity contribution is -0.122. The van der Waals surface area contributed by atoms with Gasteiger partial charge in [0.15, 0.2) is 0 Å². The molecule has 3 rings (SSSR count). The van der Waals surface area contributed by atoms with Crippen molar-refractivity contribution in [3.8, 4) is 0 Å². The molecule has 2 aliphatic rings. The number of carbonyl (C=O) groups excluding carboxylic acids is 1. The van der Waals surface area contributed by atoms with Gasteiger partial charge in [-0.15, -0.1) is 0 Å². The summed E-state index contributed by atoms with van der Waals surface area (Å²) >= 11 is 0. The Kier molecular flexibility index (Phi) is 4.54. The van der Waals surface area contributed by atoms with Crippen LogP contribution in [0, 0.1) is 5.92 Å². The molecule has 2 N–H and O–H groups in total. The predicted octanol–water partition coefficient (Wildman–Crippen LogP) is 3.76. The fraction of sp³-hybridized carbons (Fsp3) is 0.750. The first-order chi connectivity index (χ1) is 11.1. The van der Waals surface area contributed by atoms with E-state index in [0.29, 0.717) is 18.8 Å². The molecule has 1 aromatic heterocycles. The zero-order valence-corrected chi connectivity index (χ0v) is 15.7. The van der Waals surface area contributed by atoms with Crippen molar-refractivity contribution >= 4 is 5.91 Å². The van der Waals surface area contributed by atoms with E-state index in [4.69, 9.17) is 4.42 Å². The summed E-state index contributed by atoms with van der Waals surface area (Å²) in [6.07, 6.45) is 4.34. The summed E-state index contributed by atoms with van der Waals surface area (Å²) in [5, 5.41) is 6.88. The second-order valence-corrected chi connectivity index (χ2v) is 9.19. The Bertz CT molecular complexity index is 587. The van der Waals surface area contributed by atoms with Gasteiger partial charge in [-0.25, -0.2) is 0 Å². The first-order valence-corrected chi connectivity index (χ1v) is 9.31. The van der Waals surface area contributed by atoms with Crippen LogP contribution < -0.4 is 10.6 Å². The van der Waals surface area contributed by atoms with Gasteiger partial charge in [-0.2, -0.15) is 0 Å². The molecule has 4 heteroatoms. The first kappa shape index (κ1) is 17.5. The molecule has 1 amide bonds. The van der Waals surface area contributed by atoms with Crippen molar-refractivity contribution in [1.29, 1.82) is 0 Å². The molecule has 24 heavy (non-hydrogen) atoms. The molecule has 2 heterocycles. The topological polar surface area (TPSA) is 54.3 Å². The summed E-state index contributed by atoms with van der Waals surface area (Å²) in [7, 11) is 0. The van der Waals surface area contributed by atoms with E-state index in [2.05, 4.69) is 51.3 Å². The highest BCUT2D eigenvalue weighted by Crippen LogP contribution is 2.47. The van der Waals surface area contributed by atoms with E-state index in [1.54, 1.807) is 0 Å². The van der Waals surface area contributed by atoms with E-state index >= 15 is 0 Å². The summed E-state index contributed by atoms with van der Waals surface area (Å²) in [4.78, 5) is 12.3. The predicted molar refractivity (Wildman–Crippen MR) is 96.0 cm³/mol. The Labute approximate surface area is 145 Å². The van der Waals surface area contributed by atoms with Crippen molar-refractivity contribution in [2.75, 3.05) is 0 Å². The normalized spacial score (nSPS) is 28.5. The van der Waals surface area contributed by atoms with Gasteiger partial charge in [-0.05, 0) is 65.0 Å². The number of furan rings is 1. The molecule has 1 aliphatic carbocycles. The molecule has 2 atom stereocenters. The highest BCUT2D eigenvalue weighted by atomic mass is 16.3. The molecule has 0 unspecified atom stereocenters. The lowest BCUT2D eigenvalue weighted by Gasteiger charge is -2.46. The fourth-order valence-electron chi connectivity index (χ4n) is 4.41. The Hall–Kier alpha value is -1.29. The number of rotatable bonds is 5. The molecular formula is C20H32N2O2. The molecule has 1 saturated carbocycles. The largest absolute Gasteiger partial charge is 0.466 e. The van der Waals surface area contributed by atoms with Crippen molar-refractivity contribution in [1.82, 2.24) is 10.6 Å². The third-order valence-corrected chi connectivity index (χ3v) is 5.31. The smallest absolute Gasteiger partial charge is 0.220 e. The Morgan fingerprint density at radius 1 is 1.25 bits per heavy atom. The highest BCUT2D eigenvalue weighted by molar-refractivity contribution is 5.76. The number of hydrogen-bond donors (Lipinski definition) is 2. The standard InChI is InChI=1S/C20H32N2O2/c1-13-10-16(13)17-8-6-15(24-17)7-9-18(23)21-14-11-19(2,3)22-20(4,5)12-14/h6,8,13-14,16,22H,7,9-12H2,1-5H3,(H,21,23)/t13-,16-/m0/s1. The first-order valence-electron chi connectivity index (χ1n) is 9.31. The van der Waals surface area contributed by atoms with Crippen LogP contribution in [0.1, 0.15) is 77.7 Å². The van der Waals surface area contributed by atoms with Crippen molar-refractivity contribution in [3.05, 3.63) is 23.7 Å². The van der Waals surface area contributed by atoms with Gasteiger partial charge in [0.25, 0.3) is 0 Å². The minimum atomic E-state index is 0.0521. The van der Waals surface area contributed by atoms with E-state index in [1.165, 1.54) is 6.42 Å². The van der Waals surface area contributed by atoms with E-state index in [-0.39, 0.29) is 23.0 Å². The molecule has 2 fully saturated rings. The van der Waals surface area contributed by atoms with Gasteiger partial charge in [-0.1, -0.05) is 6.92 Å². The summed E-state index contributed by atoms with van der Waals surface area (Å²) in [5.74, 6) is 3.52. The lowest BCUT2D eigenvalue weighted by atomic mass is 9.79. The average molecular weight is 332 g/mol. The molecular weight excluding hydrogens is 300 g/mol. The maximum Gasteiger partial charge on any atom is 0.220 e. The van der Waals surface area contributed by atoms with Gasteiger partial charge in [0.1, 0.15) is 11.5 Å². The minimum absolute atomic E-state index is 0.0521. The van der Waals surface area contributed by atoms with Gasteiger partial charge in [0, 0.05) is 35.9 Å². The van der Waals surface area contributed by atoms with E-state index < -0.39 is 0 Å². The maximum atomic E-state index is 12.3. The SMILES string of the molecule is C[C@H]1C[C@@H]1c1ccc(CCC(=O)NC2CC(C)(C)NC(C)(C)C2)o1. The molecule has 0 radical (unpaired) electrons. The van der Waals surface area contributed by atoms with Crippen LogP contribution in [0.15, 0.2) is 16.5 Å². The molecule has 1 aliphatic heterocycles. The van der Waals surface area contributed by atoms with Crippen molar-refractivity contribution < 1.29 is 9.21 Å². The number of nitrogens with one attached hydrogen (secondary N) is 2. The van der Waals surface area contributed by atoms with Crippen LogP contribution in [0.2, 0.25) is 0 Å². The quantitative estimate of drug-likeness (QED) is 0.863. The zero-order chi connectivity index (χ0) is 17.5. The summed E-state index contributed by atoms with van der Waals surface area (Å²) in [6.45, 7) is 11.1. The van der Waals surface area contributed by atoms with Gasteiger partial charge >= 0.3 is 0 Å². The third kappa shape index (κ3) is 4.41. The van der Waals surface area contributed by atoms with Crippen molar-refractivity contribution in [2.24, 2.45) is 5.92 Å². The molecule has 134 valence electrons. The van der Waals surface area contributed by atoms with Crippen LogP contribution in [-0.2, 0) is 11.2 Å². The number of carbonyl (C=O) groups is 1. The van der Waals surface area contributed by atoms with Gasteiger partial charge < -0.3 is 15.1 Å². The maximum absolute atomic E-state index is 12.3. The second kappa shape index (κ2) is 6.21. The van der Waals surface area contributed by atoms with E-state index in [1.807, 2.05) is 6.07 Å². The molecule has 4 nitrogen and oxygen atoms in total. The number of aryl methyl sites for hydroxylation is 1. The van der Waals surface area contributed by atoms with Crippen molar-refractivity contribution in [2.45, 2.75) is 89.8 Å². The Balaban J connectivity index is 1.48. The minimum Gasteiger partial charge on any atom is -0.466 e. The average Bonchev–Trinajstić information content (AvgIpc) is 2.96. The van der Waals surface area contributed by atoms with Gasteiger partial charge in [-0.3, -0.25) is 4.79 Å². The number of hydrogen-bond acceptors (Lipinski definition) is 3. The molecule has 1 aromatic rings. The monoisotopic (exact) mass is 332 g/mol. The Morgan fingerprint density at radius 3 is 2.46 bits per heavy atom. The van der Waals surface area contributed by atoms with E-state index in [9.17, 15) is 4.79 Å². The summed E-state index contributed by atoms with van der Waals surface area (Å²) in [6, 6.07) is 4.35. The molecule has 0 bridgehead atoms. The highest BCUT2D eigenvalue weighted by Gasteiger charge is 2.38. The molecule has 1 saturated heterocycles. The zero-order valence-electron chi connectivity index (χ0n) is 15.7. The van der Waals surface area contributed by atoms with Crippen LogP contribution in [0.5, 0.6) is 0 Å². The van der Waals surface area contributed by atoms with E-state index in [0.717, 1.165) is 30.3 Å². The lowest BCUT2D eigenvalue weighted by Crippen LogP contribution is -2.62. The van der Waals surface area contributed by atoms with Crippen LogP contribution in [0.4, 0.5) is 0 Å². The summed E-state index contributed by atoms with van der Waals surface area (Å²) < 4.78 is 5.89. The van der Waals surface area contributed by atoms with Crippen LogP contribution in [-0.4, -0.2) is 23.0 Å². The van der Waals surface area contributed by atoms with Crippen LogP contribution in [0.3, 0.4) is 0 Å². The third-order valence-electron chi connectivity index (χ3n) is 5.31. The van der Waals surface area contributed by atoms with Gasteiger partial charge in [0.05, 0.1) is 0 Å². The van der Waals surface area contributed by atoms with Gasteiger partial charge in [0.2, 0.25) is 5.91 Å².